The average Bonchev–Trinajstić information content (AvgIpc) is 3.34. The van der Waals surface area contributed by atoms with Crippen LogP contribution in [0.5, 0.6) is 5.75 Å². The Kier molecular flexibility index (Phi) is 5.92. The van der Waals surface area contributed by atoms with Crippen molar-refractivity contribution in [2.24, 2.45) is 0 Å². The lowest BCUT2D eigenvalue weighted by atomic mass is 10.2. The number of halogens is 2. The Bertz CT molecular complexity index is 1240. The lowest BCUT2D eigenvalue weighted by Gasteiger charge is -2.08. The number of ether oxygens (including phenoxy) is 1. The molecule has 158 valence electrons. The van der Waals surface area contributed by atoms with Crippen molar-refractivity contribution in [3.05, 3.63) is 74.7 Å². The third kappa shape index (κ3) is 4.70. The molecule has 0 aliphatic heterocycles. The second-order valence-electron chi connectivity index (χ2n) is 6.52. The summed E-state index contributed by atoms with van der Waals surface area (Å²) in [5.74, 6) is 0.216. The fourth-order valence-corrected chi connectivity index (χ4v) is 3.79. The maximum absolute atomic E-state index is 14.2. The van der Waals surface area contributed by atoms with Crippen molar-refractivity contribution in [2.45, 2.75) is 20.5 Å². The van der Waals surface area contributed by atoms with E-state index in [9.17, 15) is 9.18 Å². The Balaban J connectivity index is 1.48. The number of amides is 1. The highest BCUT2D eigenvalue weighted by molar-refractivity contribution is 7.13. The van der Waals surface area contributed by atoms with Crippen LogP contribution in [-0.4, -0.2) is 31.1 Å². The molecular formula is C20H16ClFN6O2S. The van der Waals surface area contributed by atoms with Gasteiger partial charge in [-0.3, -0.25) is 4.79 Å². The van der Waals surface area contributed by atoms with Gasteiger partial charge in [0.15, 0.2) is 5.82 Å². The minimum absolute atomic E-state index is 0.137. The van der Waals surface area contributed by atoms with Crippen LogP contribution in [0.25, 0.3) is 5.69 Å². The topological polar surface area (TPSA) is 94.8 Å². The quantitative estimate of drug-likeness (QED) is 0.461. The fraction of sp³-hybridized carbons (Fsp3) is 0.150. The predicted molar refractivity (Wildman–Crippen MR) is 114 cm³/mol. The van der Waals surface area contributed by atoms with E-state index in [4.69, 9.17) is 16.3 Å². The summed E-state index contributed by atoms with van der Waals surface area (Å²) in [6, 6.07) is 11.2. The summed E-state index contributed by atoms with van der Waals surface area (Å²) in [5.41, 5.74) is 1.12. The molecule has 0 saturated carbocycles. The predicted octanol–water partition coefficient (Wildman–Crippen LogP) is 4.36. The zero-order valence-corrected chi connectivity index (χ0v) is 18.0. The number of hydrogen-bond acceptors (Lipinski definition) is 7. The van der Waals surface area contributed by atoms with Gasteiger partial charge in [-0.1, -0.05) is 11.6 Å². The lowest BCUT2D eigenvalue weighted by molar-refractivity contribution is 0.103. The van der Waals surface area contributed by atoms with E-state index < -0.39 is 5.82 Å². The molecule has 0 radical (unpaired) electrons. The van der Waals surface area contributed by atoms with Gasteiger partial charge in [-0.25, -0.2) is 9.37 Å². The highest BCUT2D eigenvalue weighted by Crippen LogP contribution is 2.24. The molecule has 0 unspecified atom stereocenters. The normalized spacial score (nSPS) is 10.8. The van der Waals surface area contributed by atoms with Gasteiger partial charge in [0.05, 0.1) is 5.69 Å². The van der Waals surface area contributed by atoms with E-state index in [-0.39, 0.29) is 18.2 Å². The van der Waals surface area contributed by atoms with Gasteiger partial charge >= 0.3 is 0 Å². The van der Waals surface area contributed by atoms with Crippen LogP contribution in [0.1, 0.15) is 26.2 Å². The molecule has 0 saturated heterocycles. The lowest BCUT2D eigenvalue weighted by Crippen LogP contribution is -2.12. The van der Waals surface area contributed by atoms with Crippen LogP contribution in [-0.2, 0) is 6.61 Å². The van der Waals surface area contributed by atoms with Crippen molar-refractivity contribution >= 4 is 34.5 Å². The molecule has 0 aliphatic rings. The Labute approximate surface area is 185 Å². The number of thiazole rings is 1. The van der Waals surface area contributed by atoms with Gasteiger partial charge < -0.3 is 10.1 Å². The Morgan fingerprint density at radius 2 is 2.00 bits per heavy atom. The highest BCUT2D eigenvalue weighted by Gasteiger charge is 2.17. The first-order valence-electron chi connectivity index (χ1n) is 9.11. The number of tetrazole rings is 1. The van der Waals surface area contributed by atoms with Crippen molar-refractivity contribution in [3.8, 4) is 11.4 Å². The fourth-order valence-electron chi connectivity index (χ4n) is 2.80. The first-order valence-corrected chi connectivity index (χ1v) is 10.3. The maximum atomic E-state index is 14.2. The number of carbonyl (C=O) groups is 1. The SMILES string of the molecule is Cc1nc(COc2ccc(Cl)cc2)sc1C(=O)Nc1ccc(F)c(-n2nnnc2C)c1. The van der Waals surface area contributed by atoms with Gasteiger partial charge in [-0.15, -0.1) is 16.4 Å². The molecule has 8 nitrogen and oxygen atoms in total. The van der Waals surface area contributed by atoms with Gasteiger partial charge in [-0.2, -0.15) is 4.68 Å². The molecule has 0 aliphatic carbocycles. The van der Waals surface area contributed by atoms with E-state index in [1.54, 1.807) is 38.1 Å². The van der Waals surface area contributed by atoms with Gasteiger partial charge in [0.1, 0.15) is 33.7 Å². The van der Waals surface area contributed by atoms with Crippen molar-refractivity contribution < 1.29 is 13.9 Å². The number of nitrogens with one attached hydrogen (secondary N) is 1. The summed E-state index contributed by atoms with van der Waals surface area (Å²) in [4.78, 5) is 17.6. The van der Waals surface area contributed by atoms with Crippen molar-refractivity contribution in [3.63, 3.8) is 0 Å². The standard InChI is InChI=1S/C20H16ClFN6O2S/c1-11-19(31-18(23-11)10-30-15-6-3-13(21)4-7-15)20(29)24-14-5-8-16(22)17(9-14)28-12(2)25-26-27-28/h3-9H,10H2,1-2H3,(H,24,29). The number of rotatable bonds is 6. The summed E-state index contributed by atoms with van der Waals surface area (Å²) in [6.45, 7) is 3.62. The number of hydrogen-bond donors (Lipinski definition) is 1. The third-order valence-corrected chi connectivity index (χ3v) is 5.66. The largest absolute Gasteiger partial charge is 0.486 e. The molecule has 0 fully saturated rings. The molecule has 4 rings (SSSR count). The van der Waals surface area contributed by atoms with Gasteiger partial charge in [-0.05, 0) is 66.7 Å². The molecule has 0 bridgehead atoms. The summed E-state index contributed by atoms with van der Waals surface area (Å²) < 4.78 is 21.2. The molecule has 0 atom stereocenters. The second kappa shape index (κ2) is 8.78. The van der Waals surface area contributed by atoms with Crippen LogP contribution in [0.4, 0.5) is 10.1 Å². The van der Waals surface area contributed by atoms with E-state index >= 15 is 0 Å². The minimum atomic E-state index is -0.510. The zero-order valence-electron chi connectivity index (χ0n) is 16.5. The Hall–Kier alpha value is -3.37. The molecule has 2 aromatic heterocycles. The second-order valence-corrected chi connectivity index (χ2v) is 8.04. The summed E-state index contributed by atoms with van der Waals surface area (Å²) >= 11 is 7.10. The first-order chi connectivity index (χ1) is 14.9. The molecule has 4 aromatic rings. The first kappa shape index (κ1) is 20.9. The summed E-state index contributed by atoms with van der Waals surface area (Å²) in [7, 11) is 0. The van der Waals surface area contributed by atoms with Crippen LogP contribution in [0.15, 0.2) is 42.5 Å². The molecule has 0 spiro atoms. The van der Waals surface area contributed by atoms with Gasteiger partial charge in [0.2, 0.25) is 0 Å². The summed E-state index contributed by atoms with van der Waals surface area (Å²) in [6.07, 6.45) is 0. The van der Waals surface area contributed by atoms with Crippen molar-refractivity contribution in [1.29, 1.82) is 0 Å². The third-order valence-electron chi connectivity index (χ3n) is 4.28. The summed E-state index contributed by atoms with van der Waals surface area (Å²) in [5, 5.41) is 15.1. The van der Waals surface area contributed by atoms with E-state index in [2.05, 4.69) is 25.8 Å². The monoisotopic (exact) mass is 458 g/mol. The number of carbonyl (C=O) groups excluding carboxylic acids is 1. The number of anilines is 1. The average molecular weight is 459 g/mol. The molecule has 1 amide bonds. The van der Waals surface area contributed by atoms with Crippen LogP contribution < -0.4 is 10.1 Å². The van der Waals surface area contributed by atoms with Crippen LogP contribution in [0.2, 0.25) is 5.02 Å². The van der Waals surface area contributed by atoms with Crippen molar-refractivity contribution in [2.75, 3.05) is 5.32 Å². The Morgan fingerprint density at radius 3 is 2.71 bits per heavy atom. The number of aromatic nitrogens is 5. The van der Waals surface area contributed by atoms with Crippen LogP contribution in [0.3, 0.4) is 0 Å². The van der Waals surface area contributed by atoms with Crippen molar-refractivity contribution in [1.82, 2.24) is 25.2 Å². The van der Waals surface area contributed by atoms with Gasteiger partial charge in [0, 0.05) is 10.7 Å². The maximum Gasteiger partial charge on any atom is 0.267 e. The van der Waals surface area contributed by atoms with E-state index in [0.29, 0.717) is 37.9 Å². The molecule has 1 N–H and O–H groups in total. The van der Waals surface area contributed by atoms with E-state index in [1.807, 2.05) is 0 Å². The van der Waals surface area contributed by atoms with E-state index in [0.717, 1.165) is 0 Å². The smallest absolute Gasteiger partial charge is 0.267 e. The molecule has 2 heterocycles. The van der Waals surface area contributed by atoms with Crippen LogP contribution in [0, 0.1) is 19.7 Å². The van der Waals surface area contributed by atoms with Gasteiger partial charge in [0.25, 0.3) is 5.91 Å². The molecule has 11 heteroatoms. The number of aryl methyl sites for hydroxylation is 2. The number of nitrogens with zero attached hydrogens (tertiary/aromatic N) is 5. The van der Waals surface area contributed by atoms with Crippen LogP contribution >= 0.6 is 22.9 Å². The Morgan fingerprint density at radius 1 is 1.23 bits per heavy atom. The molecular weight excluding hydrogens is 443 g/mol. The highest BCUT2D eigenvalue weighted by atomic mass is 35.5. The zero-order chi connectivity index (χ0) is 22.0. The number of benzene rings is 2. The minimum Gasteiger partial charge on any atom is -0.486 e. The molecule has 2 aromatic carbocycles. The van der Waals surface area contributed by atoms with E-state index in [1.165, 1.54) is 34.2 Å². The molecule has 31 heavy (non-hydrogen) atoms.